The standard InChI is InChI=1S/C18H22N4O2/c1-4-21-7-8-22-11-14(20-16(22)18(21)24)10-19-17(23)15-6-5-12(2)9-13(15)3/h5-6,9,11H,4,7-8,10H2,1-3H3,(H,19,23). The molecule has 1 aliphatic rings. The topological polar surface area (TPSA) is 67.2 Å². The lowest BCUT2D eigenvalue weighted by atomic mass is 10.1. The molecule has 0 spiro atoms. The van der Waals surface area contributed by atoms with Gasteiger partial charge in [0.25, 0.3) is 11.8 Å². The van der Waals surface area contributed by atoms with Crippen LogP contribution in [0.4, 0.5) is 0 Å². The highest BCUT2D eigenvalue weighted by molar-refractivity contribution is 5.95. The minimum atomic E-state index is -0.125. The van der Waals surface area contributed by atoms with Gasteiger partial charge < -0.3 is 14.8 Å². The number of fused-ring (bicyclic) bond motifs is 1. The second-order valence-electron chi connectivity index (χ2n) is 6.14. The molecule has 6 nitrogen and oxygen atoms in total. The fourth-order valence-corrected chi connectivity index (χ4v) is 3.00. The van der Waals surface area contributed by atoms with Crippen molar-refractivity contribution in [1.29, 1.82) is 0 Å². The van der Waals surface area contributed by atoms with Crippen LogP contribution in [0.3, 0.4) is 0 Å². The Balaban J connectivity index is 1.70. The van der Waals surface area contributed by atoms with Gasteiger partial charge in [-0.1, -0.05) is 17.7 Å². The molecule has 1 aromatic heterocycles. The third kappa shape index (κ3) is 3.04. The largest absolute Gasteiger partial charge is 0.346 e. The number of nitrogens with zero attached hydrogens (tertiary/aromatic N) is 3. The maximum atomic E-state index is 12.3. The van der Waals surface area contributed by atoms with Crippen molar-refractivity contribution >= 4 is 11.8 Å². The Morgan fingerprint density at radius 2 is 2.08 bits per heavy atom. The van der Waals surface area contributed by atoms with Gasteiger partial charge in [0.15, 0.2) is 5.82 Å². The van der Waals surface area contributed by atoms with Gasteiger partial charge >= 0.3 is 0 Å². The van der Waals surface area contributed by atoms with Crippen LogP contribution in [-0.2, 0) is 13.1 Å². The zero-order valence-corrected chi connectivity index (χ0v) is 14.3. The van der Waals surface area contributed by atoms with Crippen LogP contribution in [0.15, 0.2) is 24.4 Å². The first-order chi connectivity index (χ1) is 11.5. The van der Waals surface area contributed by atoms with Crippen molar-refractivity contribution in [2.24, 2.45) is 0 Å². The molecule has 2 aromatic rings. The van der Waals surface area contributed by atoms with Crippen LogP contribution >= 0.6 is 0 Å². The van der Waals surface area contributed by atoms with E-state index in [0.29, 0.717) is 36.7 Å². The number of amides is 2. The maximum absolute atomic E-state index is 12.3. The molecule has 3 rings (SSSR count). The van der Waals surface area contributed by atoms with Gasteiger partial charge in [-0.3, -0.25) is 9.59 Å². The van der Waals surface area contributed by atoms with E-state index in [1.54, 1.807) is 4.90 Å². The number of nitrogens with one attached hydrogen (secondary N) is 1. The second-order valence-corrected chi connectivity index (χ2v) is 6.14. The average Bonchev–Trinajstić information content (AvgIpc) is 2.97. The number of imidazole rings is 1. The molecule has 126 valence electrons. The van der Waals surface area contributed by atoms with E-state index in [2.05, 4.69) is 10.3 Å². The molecule has 0 aliphatic carbocycles. The third-order valence-electron chi connectivity index (χ3n) is 4.35. The molecular weight excluding hydrogens is 304 g/mol. The highest BCUT2D eigenvalue weighted by Crippen LogP contribution is 2.14. The molecule has 0 radical (unpaired) electrons. The Bertz CT molecular complexity index is 794. The van der Waals surface area contributed by atoms with Crippen LogP contribution in [-0.4, -0.2) is 39.4 Å². The summed E-state index contributed by atoms with van der Waals surface area (Å²) in [4.78, 5) is 30.8. The average molecular weight is 326 g/mol. The first-order valence-electron chi connectivity index (χ1n) is 8.20. The first-order valence-corrected chi connectivity index (χ1v) is 8.20. The van der Waals surface area contributed by atoms with Crippen molar-refractivity contribution in [3.05, 3.63) is 52.6 Å². The van der Waals surface area contributed by atoms with Crippen LogP contribution in [0.25, 0.3) is 0 Å². The predicted octanol–water partition coefficient (Wildman–Crippen LogP) is 1.91. The first kappa shape index (κ1) is 16.2. The van der Waals surface area contributed by atoms with Gasteiger partial charge in [0.2, 0.25) is 0 Å². The highest BCUT2D eigenvalue weighted by atomic mass is 16.2. The lowest BCUT2D eigenvalue weighted by molar-refractivity contribution is 0.0707. The molecule has 24 heavy (non-hydrogen) atoms. The molecule has 1 N–H and O–H groups in total. The number of rotatable bonds is 4. The number of likely N-dealkylation sites (N-methyl/N-ethyl adjacent to an activating group) is 1. The van der Waals surface area contributed by atoms with E-state index in [-0.39, 0.29) is 11.8 Å². The van der Waals surface area contributed by atoms with Gasteiger partial charge in [-0.05, 0) is 32.4 Å². The second kappa shape index (κ2) is 6.47. The zero-order chi connectivity index (χ0) is 17.3. The number of carbonyl (C=O) groups excluding carboxylic acids is 2. The Labute approximate surface area is 141 Å². The number of hydrogen-bond donors (Lipinski definition) is 1. The third-order valence-corrected chi connectivity index (χ3v) is 4.35. The summed E-state index contributed by atoms with van der Waals surface area (Å²) in [5.74, 6) is 0.287. The molecule has 0 fully saturated rings. The van der Waals surface area contributed by atoms with Crippen molar-refractivity contribution in [2.45, 2.75) is 33.9 Å². The van der Waals surface area contributed by atoms with Crippen molar-refractivity contribution < 1.29 is 9.59 Å². The fraction of sp³-hybridized carbons (Fsp3) is 0.389. The predicted molar refractivity (Wildman–Crippen MR) is 90.9 cm³/mol. The Hall–Kier alpha value is -2.63. The van der Waals surface area contributed by atoms with Gasteiger partial charge in [0.1, 0.15) is 0 Å². The SMILES string of the molecule is CCN1CCn2cc(CNC(=O)c3ccc(C)cc3C)nc2C1=O. The number of aromatic nitrogens is 2. The van der Waals surface area contributed by atoms with Crippen molar-refractivity contribution in [1.82, 2.24) is 19.8 Å². The van der Waals surface area contributed by atoms with Gasteiger partial charge in [0, 0.05) is 31.4 Å². The minimum absolute atomic E-state index is 0.0456. The lowest BCUT2D eigenvalue weighted by Crippen LogP contribution is -2.40. The summed E-state index contributed by atoms with van der Waals surface area (Å²) >= 11 is 0. The molecule has 1 aliphatic heterocycles. The fourth-order valence-electron chi connectivity index (χ4n) is 3.00. The summed E-state index contributed by atoms with van der Waals surface area (Å²) in [6.07, 6.45) is 1.85. The van der Waals surface area contributed by atoms with E-state index in [9.17, 15) is 9.59 Å². The number of hydrogen-bond acceptors (Lipinski definition) is 3. The zero-order valence-electron chi connectivity index (χ0n) is 14.3. The highest BCUT2D eigenvalue weighted by Gasteiger charge is 2.25. The molecule has 0 unspecified atom stereocenters. The molecule has 2 heterocycles. The summed E-state index contributed by atoms with van der Waals surface area (Å²) < 4.78 is 1.87. The Kier molecular flexibility index (Phi) is 4.38. The van der Waals surface area contributed by atoms with Crippen LogP contribution in [0, 0.1) is 13.8 Å². The molecular formula is C18H22N4O2. The number of aryl methyl sites for hydroxylation is 2. The van der Waals surface area contributed by atoms with E-state index in [1.807, 2.05) is 49.7 Å². The van der Waals surface area contributed by atoms with E-state index in [4.69, 9.17) is 0 Å². The van der Waals surface area contributed by atoms with Gasteiger partial charge in [-0.2, -0.15) is 0 Å². The molecule has 1 aromatic carbocycles. The molecule has 0 atom stereocenters. The Morgan fingerprint density at radius 1 is 1.29 bits per heavy atom. The monoisotopic (exact) mass is 326 g/mol. The molecule has 0 saturated carbocycles. The van der Waals surface area contributed by atoms with Crippen LogP contribution < -0.4 is 5.32 Å². The van der Waals surface area contributed by atoms with E-state index < -0.39 is 0 Å². The molecule has 6 heteroatoms. The van der Waals surface area contributed by atoms with Crippen molar-refractivity contribution in [3.8, 4) is 0 Å². The summed E-state index contributed by atoms with van der Waals surface area (Å²) in [5, 5.41) is 2.89. The smallest absolute Gasteiger partial charge is 0.289 e. The van der Waals surface area contributed by atoms with Crippen LogP contribution in [0.1, 0.15) is 44.7 Å². The molecule has 2 amide bonds. The minimum Gasteiger partial charge on any atom is -0.346 e. The number of benzene rings is 1. The molecule has 0 bridgehead atoms. The van der Waals surface area contributed by atoms with Crippen molar-refractivity contribution in [3.63, 3.8) is 0 Å². The van der Waals surface area contributed by atoms with Crippen LogP contribution in [0.2, 0.25) is 0 Å². The Morgan fingerprint density at radius 3 is 2.79 bits per heavy atom. The number of carbonyl (C=O) groups is 2. The summed E-state index contributed by atoms with van der Waals surface area (Å²) in [7, 11) is 0. The van der Waals surface area contributed by atoms with Crippen LogP contribution in [0.5, 0.6) is 0 Å². The van der Waals surface area contributed by atoms with Gasteiger partial charge in [-0.15, -0.1) is 0 Å². The van der Waals surface area contributed by atoms with E-state index in [0.717, 1.165) is 17.7 Å². The van der Waals surface area contributed by atoms with Gasteiger partial charge in [-0.25, -0.2) is 4.98 Å². The van der Waals surface area contributed by atoms with E-state index in [1.165, 1.54) is 0 Å². The van der Waals surface area contributed by atoms with E-state index >= 15 is 0 Å². The van der Waals surface area contributed by atoms with Crippen molar-refractivity contribution in [2.75, 3.05) is 13.1 Å². The summed E-state index contributed by atoms with van der Waals surface area (Å²) in [6, 6.07) is 5.75. The quantitative estimate of drug-likeness (QED) is 0.933. The lowest BCUT2D eigenvalue weighted by Gasteiger charge is -2.25. The summed E-state index contributed by atoms with van der Waals surface area (Å²) in [6.45, 7) is 8.33. The molecule has 0 saturated heterocycles. The summed E-state index contributed by atoms with van der Waals surface area (Å²) in [5.41, 5.74) is 3.45. The van der Waals surface area contributed by atoms with Gasteiger partial charge in [0.05, 0.1) is 12.2 Å². The maximum Gasteiger partial charge on any atom is 0.289 e. The normalized spacial score (nSPS) is 13.8.